The summed E-state index contributed by atoms with van der Waals surface area (Å²) in [6.45, 7) is 5.58. The fraction of sp³-hybridized carbons (Fsp3) is 0.808. The van der Waals surface area contributed by atoms with E-state index in [9.17, 15) is 37.1 Å². The highest BCUT2D eigenvalue weighted by molar-refractivity contribution is 6.29. The maximum Gasteiger partial charge on any atom is 0.291 e. The highest BCUT2D eigenvalue weighted by Gasteiger charge is 2.62. The van der Waals surface area contributed by atoms with Gasteiger partial charge in [-0.15, -0.1) is 0 Å². The molecule has 2 aliphatic heterocycles. The Kier molecular flexibility index (Phi) is 8.64. The van der Waals surface area contributed by atoms with Gasteiger partial charge in [-0.1, -0.05) is 38.8 Å². The molecule has 40 heavy (non-hydrogen) atoms. The Morgan fingerprint density at radius 3 is 2.42 bits per heavy atom. The fourth-order valence-corrected chi connectivity index (χ4v) is 6.24. The number of likely N-dealkylation sites (tertiary alicyclic amines) is 1. The number of halogens is 4. The molecule has 4 fully saturated rings. The number of carbonyl (C=O) groups is 5. The number of hydrazine groups is 1. The molecule has 4 rings (SSSR count). The number of amides is 5. The van der Waals surface area contributed by atoms with Crippen molar-refractivity contribution >= 4 is 41.1 Å². The third-order valence-corrected chi connectivity index (χ3v) is 9.26. The summed E-state index contributed by atoms with van der Waals surface area (Å²) in [7, 11) is 0. The molecule has 4 aliphatic rings. The SMILES string of the molecule is CCC(C)(C)[C@H](NC(=O)[C@@H]1CC1(F)F)C(=O)N1C[C@@H]2CCC[C@@H]2[C@H]1C(=O)NN(C[C@@H]1CCNC1=O)C(=O)[C@H](F)Cl. The summed E-state index contributed by atoms with van der Waals surface area (Å²) in [5.74, 6) is -9.34. The normalized spacial score (nSPS) is 30.2. The van der Waals surface area contributed by atoms with Crippen LogP contribution in [0.2, 0.25) is 0 Å². The van der Waals surface area contributed by atoms with Crippen LogP contribution in [0.1, 0.15) is 59.3 Å². The van der Waals surface area contributed by atoms with E-state index in [4.69, 9.17) is 11.6 Å². The van der Waals surface area contributed by atoms with Gasteiger partial charge in [0.15, 0.2) is 0 Å². The summed E-state index contributed by atoms with van der Waals surface area (Å²) in [6, 6.07) is -2.22. The van der Waals surface area contributed by atoms with Gasteiger partial charge in [-0.05, 0) is 42.9 Å². The molecule has 224 valence electrons. The van der Waals surface area contributed by atoms with E-state index in [0.29, 0.717) is 30.8 Å². The Morgan fingerprint density at radius 1 is 1.20 bits per heavy atom. The molecular weight excluding hydrogens is 555 g/mol. The van der Waals surface area contributed by atoms with Crippen molar-refractivity contribution in [2.45, 2.75) is 82.9 Å². The average Bonchev–Trinajstić information content (AvgIpc) is 3.27. The maximum atomic E-state index is 14.0. The zero-order valence-electron chi connectivity index (χ0n) is 22.9. The van der Waals surface area contributed by atoms with Crippen molar-refractivity contribution in [2.75, 3.05) is 19.6 Å². The van der Waals surface area contributed by atoms with Crippen LogP contribution in [0.3, 0.4) is 0 Å². The molecule has 7 atom stereocenters. The van der Waals surface area contributed by atoms with Gasteiger partial charge in [0.2, 0.25) is 17.7 Å². The summed E-state index contributed by atoms with van der Waals surface area (Å²) in [4.78, 5) is 66.3. The largest absolute Gasteiger partial charge is 0.356 e. The molecule has 0 aromatic heterocycles. The molecule has 3 N–H and O–H groups in total. The highest BCUT2D eigenvalue weighted by Crippen LogP contribution is 2.49. The predicted octanol–water partition coefficient (Wildman–Crippen LogP) is 1.72. The molecule has 0 aromatic rings. The van der Waals surface area contributed by atoms with Crippen LogP contribution >= 0.6 is 11.6 Å². The number of alkyl halides is 4. The first-order valence-corrected chi connectivity index (χ1v) is 14.3. The first-order chi connectivity index (χ1) is 18.7. The molecule has 14 heteroatoms. The number of nitrogens with zero attached hydrogens (tertiary/aromatic N) is 2. The van der Waals surface area contributed by atoms with E-state index in [2.05, 4.69) is 16.1 Å². The van der Waals surface area contributed by atoms with Crippen LogP contribution in [-0.4, -0.2) is 82.7 Å². The van der Waals surface area contributed by atoms with Crippen LogP contribution in [0.15, 0.2) is 0 Å². The zero-order valence-corrected chi connectivity index (χ0v) is 23.6. The zero-order chi connectivity index (χ0) is 29.6. The number of nitrogens with one attached hydrogen (secondary N) is 3. The van der Waals surface area contributed by atoms with Crippen LogP contribution in [0.25, 0.3) is 0 Å². The minimum atomic E-state index is -3.11. The lowest BCUT2D eigenvalue weighted by Gasteiger charge is -2.38. The van der Waals surface area contributed by atoms with Gasteiger partial charge in [0.25, 0.3) is 23.4 Å². The Balaban J connectivity index is 1.57. The second-order valence-electron chi connectivity index (χ2n) is 12.1. The van der Waals surface area contributed by atoms with Gasteiger partial charge in [-0.25, -0.2) is 18.2 Å². The van der Waals surface area contributed by atoms with Crippen molar-refractivity contribution < 1.29 is 37.1 Å². The van der Waals surface area contributed by atoms with Crippen LogP contribution in [-0.2, 0) is 24.0 Å². The minimum Gasteiger partial charge on any atom is -0.356 e. The summed E-state index contributed by atoms with van der Waals surface area (Å²) in [6.07, 6.45) is 2.46. The van der Waals surface area contributed by atoms with Crippen LogP contribution in [0.4, 0.5) is 13.2 Å². The summed E-state index contributed by atoms with van der Waals surface area (Å²) >= 11 is 5.40. The van der Waals surface area contributed by atoms with Crippen molar-refractivity contribution in [3.8, 4) is 0 Å². The molecule has 0 spiro atoms. The highest BCUT2D eigenvalue weighted by atomic mass is 35.5. The number of hydrogen-bond acceptors (Lipinski definition) is 5. The topological polar surface area (TPSA) is 128 Å². The molecule has 2 heterocycles. The lowest BCUT2D eigenvalue weighted by molar-refractivity contribution is -0.151. The van der Waals surface area contributed by atoms with E-state index in [1.165, 1.54) is 4.90 Å². The smallest absolute Gasteiger partial charge is 0.291 e. The molecule has 2 saturated carbocycles. The molecule has 2 aliphatic carbocycles. The third kappa shape index (κ3) is 6.03. The molecule has 0 radical (unpaired) electrons. The van der Waals surface area contributed by atoms with Gasteiger partial charge in [0, 0.05) is 19.5 Å². The van der Waals surface area contributed by atoms with Gasteiger partial charge >= 0.3 is 0 Å². The Hall–Kier alpha value is -2.57. The number of fused-ring (bicyclic) bond motifs is 1. The van der Waals surface area contributed by atoms with E-state index in [1.54, 1.807) is 13.8 Å². The summed E-state index contributed by atoms with van der Waals surface area (Å²) in [5.41, 5.74) is -0.872. The van der Waals surface area contributed by atoms with Crippen LogP contribution < -0.4 is 16.1 Å². The van der Waals surface area contributed by atoms with E-state index >= 15 is 0 Å². The second-order valence-corrected chi connectivity index (χ2v) is 12.5. The average molecular weight is 592 g/mol. The van der Waals surface area contributed by atoms with Gasteiger partial charge in [-0.3, -0.25) is 29.4 Å². The molecule has 0 aromatic carbocycles. The third-order valence-electron chi connectivity index (χ3n) is 9.07. The summed E-state index contributed by atoms with van der Waals surface area (Å²) in [5, 5.41) is 5.85. The molecule has 10 nitrogen and oxygen atoms in total. The van der Waals surface area contributed by atoms with Crippen LogP contribution in [0.5, 0.6) is 0 Å². The number of hydrogen-bond donors (Lipinski definition) is 3. The van der Waals surface area contributed by atoms with E-state index in [-0.39, 0.29) is 30.8 Å². The number of carbonyl (C=O) groups excluding carboxylic acids is 5. The predicted molar refractivity (Wildman–Crippen MR) is 137 cm³/mol. The van der Waals surface area contributed by atoms with Crippen molar-refractivity contribution in [1.82, 2.24) is 26.0 Å². The lowest BCUT2D eigenvalue weighted by atomic mass is 9.80. The minimum absolute atomic E-state index is 0.0136. The fourth-order valence-electron chi connectivity index (χ4n) is 6.12. The van der Waals surface area contributed by atoms with Gasteiger partial charge in [-0.2, -0.15) is 0 Å². The monoisotopic (exact) mass is 591 g/mol. The standard InChI is InChI=1S/C26H37ClF3N5O5/c1-4-25(2,3)18(32-21(37)16-10-26(16,29)30)23(39)34-11-13-6-5-7-15(13)17(34)22(38)33-35(24(40)19(27)28)12-14-8-9-31-20(14)36/h13-19H,4-12H2,1-3H3,(H,31,36)(H,32,37)(H,33,38)/t13-,14-,15-,16-,17-,18+,19-/m0/s1. The first kappa shape index (κ1) is 30.4. The Labute approximate surface area is 236 Å². The van der Waals surface area contributed by atoms with E-state index < -0.39 is 70.9 Å². The van der Waals surface area contributed by atoms with Gasteiger partial charge in [0.05, 0.1) is 12.5 Å². The Morgan fingerprint density at radius 2 is 1.88 bits per heavy atom. The molecular formula is C26H37ClF3N5O5. The van der Waals surface area contributed by atoms with Crippen molar-refractivity contribution in [1.29, 1.82) is 0 Å². The number of rotatable bonds is 9. The Bertz CT molecular complexity index is 1060. The molecule has 0 unspecified atom stereocenters. The second kappa shape index (κ2) is 11.4. The first-order valence-electron chi connectivity index (χ1n) is 13.8. The van der Waals surface area contributed by atoms with E-state index in [1.807, 2.05) is 6.92 Å². The maximum absolute atomic E-state index is 14.0. The summed E-state index contributed by atoms with van der Waals surface area (Å²) < 4.78 is 41.1. The van der Waals surface area contributed by atoms with Crippen molar-refractivity contribution in [3.63, 3.8) is 0 Å². The van der Waals surface area contributed by atoms with Crippen LogP contribution in [0, 0.1) is 29.1 Å². The molecule has 5 amide bonds. The molecule has 2 saturated heterocycles. The van der Waals surface area contributed by atoms with Crippen molar-refractivity contribution in [3.05, 3.63) is 0 Å². The molecule has 0 bridgehead atoms. The van der Waals surface area contributed by atoms with E-state index in [0.717, 1.165) is 12.8 Å². The quantitative estimate of drug-likeness (QED) is 0.278. The van der Waals surface area contributed by atoms with Crippen molar-refractivity contribution in [2.24, 2.45) is 29.1 Å². The van der Waals surface area contributed by atoms with Gasteiger partial charge < -0.3 is 15.5 Å². The lowest BCUT2D eigenvalue weighted by Crippen LogP contribution is -2.61. The van der Waals surface area contributed by atoms with Gasteiger partial charge in [0.1, 0.15) is 18.0 Å².